The minimum atomic E-state index is -3.81. The number of carbonyl (C=O) groups is 1. The van der Waals surface area contributed by atoms with Crippen LogP contribution in [0.1, 0.15) is 6.42 Å². The molecule has 0 bridgehead atoms. The molecule has 2 aromatic carbocycles. The number of amides is 1. The number of thioether (sulfide) groups is 1. The van der Waals surface area contributed by atoms with E-state index in [1.165, 1.54) is 4.31 Å². The molecule has 3 fully saturated rings. The first-order valence-corrected chi connectivity index (χ1v) is 12.4. The van der Waals surface area contributed by atoms with E-state index >= 15 is 0 Å². The molecule has 30 heavy (non-hydrogen) atoms. The summed E-state index contributed by atoms with van der Waals surface area (Å²) in [5.41, 5.74) is 1.11. The molecule has 2 aliphatic heterocycles. The number of fused-ring (bicyclic) bond motifs is 1. The Balaban J connectivity index is 1.31. The highest BCUT2D eigenvalue weighted by Gasteiger charge is 2.75. The van der Waals surface area contributed by atoms with E-state index in [1.807, 2.05) is 11.8 Å². The molecule has 0 radical (unpaired) electrons. The van der Waals surface area contributed by atoms with Crippen LogP contribution in [-0.2, 0) is 14.8 Å². The van der Waals surface area contributed by atoms with Crippen molar-refractivity contribution in [2.45, 2.75) is 17.3 Å². The first-order valence-electron chi connectivity index (χ1n) is 9.76. The zero-order chi connectivity index (χ0) is 20.9. The lowest BCUT2D eigenvalue weighted by atomic mass is 10.2. The van der Waals surface area contributed by atoms with E-state index in [-0.39, 0.29) is 12.0 Å². The summed E-state index contributed by atoms with van der Waals surface area (Å²) in [6.07, 6.45) is 0.600. The maximum Gasteiger partial charge on any atom is 0.250 e. The molecule has 2 atom stereocenters. The Morgan fingerprint density at radius 1 is 1.10 bits per heavy atom. The Morgan fingerprint density at radius 3 is 2.37 bits per heavy atom. The van der Waals surface area contributed by atoms with Gasteiger partial charge in [-0.05, 0) is 55.0 Å². The molecule has 2 saturated heterocycles. The van der Waals surface area contributed by atoms with Gasteiger partial charge >= 0.3 is 0 Å². The molecule has 9 heteroatoms. The molecule has 1 amide bonds. The van der Waals surface area contributed by atoms with Crippen LogP contribution in [0.5, 0.6) is 11.5 Å². The van der Waals surface area contributed by atoms with Crippen molar-refractivity contribution < 1.29 is 22.7 Å². The van der Waals surface area contributed by atoms with E-state index in [0.717, 1.165) is 17.3 Å². The van der Waals surface area contributed by atoms with E-state index in [4.69, 9.17) is 9.47 Å². The van der Waals surface area contributed by atoms with E-state index in [2.05, 4.69) is 5.32 Å². The van der Waals surface area contributed by atoms with Gasteiger partial charge in [0.2, 0.25) is 15.9 Å². The molecule has 0 aromatic heterocycles. The fraction of sp³-hybridized carbons (Fsp3) is 0.381. The van der Waals surface area contributed by atoms with Gasteiger partial charge in [-0.3, -0.25) is 9.10 Å². The minimum absolute atomic E-state index is 0.205. The van der Waals surface area contributed by atoms with Crippen LogP contribution < -0.4 is 19.1 Å². The second kappa shape index (κ2) is 7.09. The van der Waals surface area contributed by atoms with Crippen LogP contribution in [0.4, 0.5) is 11.4 Å². The van der Waals surface area contributed by atoms with Crippen molar-refractivity contribution in [1.29, 1.82) is 0 Å². The third-order valence-electron chi connectivity index (χ3n) is 5.95. The van der Waals surface area contributed by atoms with Crippen LogP contribution in [0, 0.1) is 5.92 Å². The van der Waals surface area contributed by atoms with Gasteiger partial charge in [-0.2, -0.15) is 11.8 Å². The Kier molecular flexibility index (Phi) is 4.62. The van der Waals surface area contributed by atoms with Gasteiger partial charge in [-0.15, -0.1) is 0 Å². The molecule has 2 aromatic rings. The van der Waals surface area contributed by atoms with Gasteiger partial charge in [-0.25, -0.2) is 8.42 Å². The molecule has 2 unspecified atom stereocenters. The minimum Gasteiger partial charge on any atom is -0.497 e. The van der Waals surface area contributed by atoms with Crippen molar-refractivity contribution in [3.63, 3.8) is 0 Å². The summed E-state index contributed by atoms with van der Waals surface area (Å²) in [4.78, 5) is 13.0. The lowest BCUT2D eigenvalue weighted by Gasteiger charge is -2.26. The number of hydrogen-bond donors (Lipinski definition) is 1. The zero-order valence-corrected chi connectivity index (χ0v) is 18.0. The van der Waals surface area contributed by atoms with Crippen molar-refractivity contribution in [1.82, 2.24) is 0 Å². The predicted molar refractivity (Wildman–Crippen MR) is 117 cm³/mol. The van der Waals surface area contributed by atoms with Crippen molar-refractivity contribution in [3.8, 4) is 11.5 Å². The molecule has 5 rings (SSSR count). The standard InChI is InChI=1S/C21H22N2O5S2/c1-27-17-8-4-16(5-9-17)23-11-14-10-21(14,30(23,25)26)20(24)22-15-2-6-18(7-3-15)28-19-12-29-13-19/h2-9,14,19H,10-13H2,1H3,(H,22,24). The quantitative estimate of drug-likeness (QED) is 0.735. The second-order valence-corrected chi connectivity index (χ2v) is 11.0. The summed E-state index contributed by atoms with van der Waals surface area (Å²) in [6, 6.07) is 13.9. The fourth-order valence-corrected chi connectivity index (χ4v) is 6.97. The summed E-state index contributed by atoms with van der Waals surface area (Å²) in [5, 5.41) is 2.80. The van der Waals surface area contributed by atoms with E-state index in [0.29, 0.717) is 30.1 Å². The molecule has 1 saturated carbocycles. The van der Waals surface area contributed by atoms with E-state index in [9.17, 15) is 13.2 Å². The number of nitrogens with zero attached hydrogens (tertiary/aromatic N) is 1. The monoisotopic (exact) mass is 446 g/mol. The maximum absolute atomic E-state index is 13.3. The first kappa shape index (κ1) is 19.6. The van der Waals surface area contributed by atoms with Crippen LogP contribution in [0.15, 0.2) is 48.5 Å². The number of sulfonamides is 1. The third-order valence-corrected chi connectivity index (χ3v) is 9.71. The second-order valence-electron chi connectivity index (χ2n) is 7.78. The summed E-state index contributed by atoms with van der Waals surface area (Å²) < 4.78 is 37.4. The number of rotatable bonds is 6. The highest BCUT2D eigenvalue weighted by atomic mass is 32.2. The molecule has 2 heterocycles. The van der Waals surface area contributed by atoms with Gasteiger partial charge in [0.1, 0.15) is 17.6 Å². The van der Waals surface area contributed by atoms with Crippen LogP contribution in [0.3, 0.4) is 0 Å². The Bertz CT molecular complexity index is 1070. The molecule has 1 N–H and O–H groups in total. The van der Waals surface area contributed by atoms with Gasteiger partial charge < -0.3 is 14.8 Å². The highest BCUT2D eigenvalue weighted by molar-refractivity contribution is 8.00. The average molecular weight is 447 g/mol. The van der Waals surface area contributed by atoms with Gasteiger partial charge in [0.25, 0.3) is 0 Å². The summed E-state index contributed by atoms with van der Waals surface area (Å²) >= 11 is 1.85. The highest BCUT2D eigenvalue weighted by Crippen LogP contribution is 2.58. The van der Waals surface area contributed by atoms with Crippen molar-refractivity contribution in [2.24, 2.45) is 5.92 Å². The van der Waals surface area contributed by atoms with Gasteiger partial charge in [0, 0.05) is 29.7 Å². The topological polar surface area (TPSA) is 84.9 Å². The Labute approximate surface area is 179 Å². The Morgan fingerprint density at radius 2 is 1.77 bits per heavy atom. The summed E-state index contributed by atoms with van der Waals surface area (Å²) in [6.45, 7) is 0.314. The molecule has 158 valence electrons. The molecule has 7 nitrogen and oxygen atoms in total. The van der Waals surface area contributed by atoms with Gasteiger partial charge in [-0.1, -0.05) is 0 Å². The molecule has 3 aliphatic rings. The number of carbonyl (C=O) groups excluding carboxylic acids is 1. The largest absolute Gasteiger partial charge is 0.497 e. The lowest BCUT2D eigenvalue weighted by Crippen LogP contribution is -2.42. The average Bonchev–Trinajstić information content (AvgIpc) is 3.41. The third kappa shape index (κ3) is 3.02. The smallest absolute Gasteiger partial charge is 0.250 e. The van der Waals surface area contributed by atoms with Crippen molar-refractivity contribution in [2.75, 3.05) is 34.8 Å². The normalized spacial score (nSPS) is 26.4. The number of hydrogen-bond acceptors (Lipinski definition) is 6. The van der Waals surface area contributed by atoms with Crippen molar-refractivity contribution in [3.05, 3.63) is 48.5 Å². The number of benzene rings is 2. The molecule has 1 aliphatic carbocycles. The van der Waals surface area contributed by atoms with Crippen LogP contribution in [-0.4, -0.2) is 50.3 Å². The number of nitrogens with one attached hydrogen (secondary N) is 1. The van der Waals surface area contributed by atoms with Gasteiger partial charge in [0.05, 0.1) is 12.8 Å². The van der Waals surface area contributed by atoms with Gasteiger partial charge in [0.15, 0.2) is 4.75 Å². The van der Waals surface area contributed by atoms with E-state index < -0.39 is 20.7 Å². The molecular formula is C21H22N2O5S2. The molecular weight excluding hydrogens is 424 g/mol. The van der Waals surface area contributed by atoms with Crippen molar-refractivity contribution >= 4 is 39.1 Å². The number of methoxy groups -OCH3 is 1. The van der Waals surface area contributed by atoms with E-state index in [1.54, 1.807) is 55.6 Å². The van der Waals surface area contributed by atoms with Crippen LogP contribution in [0.25, 0.3) is 0 Å². The number of anilines is 2. The summed E-state index contributed by atoms with van der Waals surface area (Å²) in [7, 11) is -2.25. The first-order chi connectivity index (χ1) is 14.4. The lowest BCUT2D eigenvalue weighted by molar-refractivity contribution is -0.116. The SMILES string of the molecule is COc1ccc(N2CC3CC3(C(=O)Nc3ccc(OC4CSC4)cc3)S2(=O)=O)cc1. The maximum atomic E-state index is 13.3. The van der Waals surface area contributed by atoms with Crippen LogP contribution >= 0.6 is 11.8 Å². The molecule has 0 spiro atoms. The predicted octanol–water partition coefficient (Wildman–Crippen LogP) is 2.74. The Hall–Kier alpha value is -2.39. The van der Waals surface area contributed by atoms with Crippen LogP contribution in [0.2, 0.25) is 0 Å². The number of ether oxygens (including phenoxy) is 2. The fourth-order valence-electron chi connectivity index (χ4n) is 4.05. The zero-order valence-electron chi connectivity index (χ0n) is 16.4. The summed E-state index contributed by atoms with van der Waals surface area (Å²) in [5.74, 6) is 2.71.